The molecular formula is C12H17FN2. The molecule has 0 radical (unpaired) electrons. The molecule has 1 aromatic rings. The molecule has 3 heteroatoms. The van der Waals surface area contributed by atoms with Gasteiger partial charge in [-0.2, -0.15) is 0 Å². The number of piperidine rings is 1. The van der Waals surface area contributed by atoms with Crippen LogP contribution in [-0.4, -0.2) is 13.1 Å². The topological polar surface area (TPSA) is 29.3 Å². The number of halogens is 1. The van der Waals surface area contributed by atoms with Gasteiger partial charge in [-0.05, 0) is 30.9 Å². The van der Waals surface area contributed by atoms with Crippen molar-refractivity contribution in [3.63, 3.8) is 0 Å². The van der Waals surface area contributed by atoms with Gasteiger partial charge in [0, 0.05) is 13.1 Å². The van der Waals surface area contributed by atoms with Gasteiger partial charge in [0.05, 0.1) is 11.4 Å². The molecule has 0 atom stereocenters. The molecule has 2 N–H and O–H groups in total. The first-order valence-electron chi connectivity index (χ1n) is 5.47. The van der Waals surface area contributed by atoms with E-state index in [4.69, 9.17) is 5.73 Å². The molecule has 1 aliphatic rings. The molecule has 0 amide bonds. The van der Waals surface area contributed by atoms with Crippen LogP contribution in [0.15, 0.2) is 18.2 Å². The van der Waals surface area contributed by atoms with E-state index in [9.17, 15) is 4.39 Å². The fourth-order valence-electron chi connectivity index (χ4n) is 2.10. The molecule has 1 aliphatic heterocycles. The SMILES string of the molecule is CC1CCN(c2c(N)cccc2F)CC1. The molecule has 0 aromatic heterocycles. The Hall–Kier alpha value is -1.25. The quantitative estimate of drug-likeness (QED) is 0.719. The third-order valence-electron chi connectivity index (χ3n) is 3.12. The van der Waals surface area contributed by atoms with Crippen LogP contribution in [0, 0.1) is 11.7 Å². The van der Waals surface area contributed by atoms with Crippen molar-refractivity contribution in [2.24, 2.45) is 5.92 Å². The fraction of sp³-hybridized carbons (Fsp3) is 0.500. The summed E-state index contributed by atoms with van der Waals surface area (Å²) in [4.78, 5) is 2.06. The summed E-state index contributed by atoms with van der Waals surface area (Å²) in [5.41, 5.74) is 6.94. The Labute approximate surface area is 89.9 Å². The third-order valence-corrected chi connectivity index (χ3v) is 3.12. The van der Waals surface area contributed by atoms with Crippen molar-refractivity contribution in [1.82, 2.24) is 0 Å². The Kier molecular flexibility index (Phi) is 2.80. The lowest BCUT2D eigenvalue weighted by molar-refractivity contribution is 0.435. The smallest absolute Gasteiger partial charge is 0.148 e. The van der Waals surface area contributed by atoms with Gasteiger partial charge in [0.15, 0.2) is 0 Å². The molecule has 1 heterocycles. The van der Waals surface area contributed by atoms with Crippen LogP contribution in [0.3, 0.4) is 0 Å². The summed E-state index contributed by atoms with van der Waals surface area (Å²) < 4.78 is 13.6. The van der Waals surface area contributed by atoms with E-state index in [1.165, 1.54) is 6.07 Å². The van der Waals surface area contributed by atoms with Crippen molar-refractivity contribution in [3.05, 3.63) is 24.0 Å². The van der Waals surface area contributed by atoms with Gasteiger partial charge in [-0.15, -0.1) is 0 Å². The lowest BCUT2D eigenvalue weighted by Gasteiger charge is -2.33. The molecule has 0 unspecified atom stereocenters. The average Bonchev–Trinajstić information content (AvgIpc) is 2.20. The molecule has 1 aromatic carbocycles. The van der Waals surface area contributed by atoms with E-state index in [1.54, 1.807) is 12.1 Å². The highest BCUT2D eigenvalue weighted by Crippen LogP contribution is 2.30. The monoisotopic (exact) mass is 208 g/mol. The molecule has 2 nitrogen and oxygen atoms in total. The molecule has 0 aliphatic carbocycles. The average molecular weight is 208 g/mol. The second kappa shape index (κ2) is 4.09. The normalized spacial score (nSPS) is 18.1. The van der Waals surface area contributed by atoms with Crippen molar-refractivity contribution in [2.45, 2.75) is 19.8 Å². The number of hydrogen-bond donors (Lipinski definition) is 1. The predicted octanol–water partition coefficient (Wildman–Crippen LogP) is 2.64. The molecule has 0 spiro atoms. The summed E-state index contributed by atoms with van der Waals surface area (Å²) in [5, 5.41) is 0. The molecule has 82 valence electrons. The van der Waals surface area contributed by atoms with Crippen LogP contribution in [0.5, 0.6) is 0 Å². The van der Waals surface area contributed by atoms with Gasteiger partial charge in [0.1, 0.15) is 5.82 Å². The number of hydrogen-bond acceptors (Lipinski definition) is 2. The number of nitrogens with two attached hydrogens (primary N) is 1. The van der Waals surface area contributed by atoms with Crippen LogP contribution in [0.25, 0.3) is 0 Å². The fourth-order valence-corrected chi connectivity index (χ4v) is 2.10. The summed E-state index contributed by atoms with van der Waals surface area (Å²) >= 11 is 0. The summed E-state index contributed by atoms with van der Waals surface area (Å²) in [6.45, 7) is 4.06. The number of rotatable bonds is 1. The maximum absolute atomic E-state index is 13.6. The van der Waals surface area contributed by atoms with Gasteiger partial charge in [-0.3, -0.25) is 0 Å². The Balaban J connectivity index is 2.22. The predicted molar refractivity (Wildman–Crippen MR) is 61.4 cm³/mol. The Morgan fingerprint density at radius 2 is 2.00 bits per heavy atom. The first kappa shape index (κ1) is 10.3. The van der Waals surface area contributed by atoms with Gasteiger partial charge < -0.3 is 10.6 Å². The highest BCUT2D eigenvalue weighted by atomic mass is 19.1. The number of anilines is 2. The van der Waals surface area contributed by atoms with Crippen molar-refractivity contribution >= 4 is 11.4 Å². The lowest BCUT2D eigenvalue weighted by atomic mass is 9.98. The zero-order valence-corrected chi connectivity index (χ0v) is 9.04. The van der Waals surface area contributed by atoms with Crippen LogP contribution in [-0.2, 0) is 0 Å². The summed E-state index contributed by atoms with van der Waals surface area (Å²) in [5.74, 6) is 0.541. The maximum atomic E-state index is 13.6. The minimum Gasteiger partial charge on any atom is -0.397 e. The van der Waals surface area contributed by atoms with E-state index < -0.39 is 0 Å². The van der Waals surface area contributed by atoms with Crippen molar-refractivity contribution in [3.8, 4) is 0 Å². The van der Waals surface area contributed by atoms with Gasteiger partial charge in [-0.25, -0.2) is 4.39 Å². The van der Waals surface area contributed by atoms with E-state index in [0.717, 1.165) is 31.8 Å². The standard InChI is InChI=1S/C12H17FN2/c1-9-5-7-15(8-6-9)12-10(13)3-2-4-11(12)14/h2-4,9H,5-8,14H2,1H3. The summed E-state index contributed by atoms with van der Waals surface area (Å²) in [7, 11) is 0. The number of nitrogens with zero attached hydrogens (tertiary/aromatic N) is 1. The van der Waals surface area contributed by atoms with Crippen LogP contribution in [0.1, 0.15) is 19.8 Å². The molecule has 2 rings (SSSR count). The first-order valence-corrected chi connectivity index (χ1v) is 5.47. The van der Waals surface area contributed by atoms with Crippen molar-refractivity contribution < 1.29 is 4.39 Å². The maximum Gasteiger partial charge on any atom is 0.148 e. The minimum atomic E-state index is -0.204. The largest absolute Gasteiger partial charge is 0.397 e. The highest BCUT2D eigenvalue weighted by molar-refractivity contribution is 5.68. The molecule has 0 saturated carbocycles. The summed E-state index contributed by atoms with van der Waals surface area (Å²) in [6.07, 6.45) is 2.24. The van der Waals surface area contributed by atoms with E-state index in [0.29, 0.717) is 11.4 Å². The molecule has 1 fully saturated rings. The second-order valence-electron chi connectivity index (χ2n) is 4.35. The van der Waals surface area contributed by atoms with Gasteiger partial charge in [0.25, 0.3) is 0 Å². The minimum absolute atomic E-state index is 0.204. The number of para-hydroxylation sites is 1. The summed E-state index contributed by atoms with van der Waals surface area (Å²) in [6, 6.07) is 4.89. The molecule has 15 heavy (non-hydrogen) atoms. The van der Waals surface area contributed by atoms with E-state index in [-0.39, 0.29) is 5.82 Å². The third kappa shape index (κ3) is 2.06. The molecule has 1 saturated heterocycles. The lowest BCUT2D eigenvalue weighted by Crippen LogP contribution is -2.33. The zero-order valence-electron chi connectivity index (χ0n) is 9.04. The Morgan fingerprint density at radius 1 is 1.33 bits per heavy atom. The van der Waals surface area contributed by atoms with Gasteiger partial charge in [0.2, 0.25) is 0 Å². The second-order valence-corrected chi connectivity index (χ2v) is 4.35. The van der Waals surface area contributed by atoms with E-state index in [2.05, 4.69) is 11.8 Å². The van der Waals surface area contributed by atoms with Crippen molar-refractivity contribution in [2.75, 3.05) is 23.7 Å². The van der Waals surface area contributed by atoms with Crippen molar-refractivity contribution in [1.29, 1.82) is 0 Å². The highest BCUT2D eigenvalue weighted by Gasteiger charge is 2.20. The van der Waals surface area contributed by atoms with Gasteiger partial charge in [-0.1, -0.05) is 13.0 Å². The van der Waals surface area contributed by atoms with Crippen LogP contribution in [0.4, 0.5) is 15.8 Å². The van der Waals surface area contributed by atoms with E-state index in [1.807, 2.05) is 0 Å². The van der Waals surface area contributed by atoms with E-state index >= 15 is 0 Å². The number of nitrogen functional groups attached to an aromatic ring is 1. The Morgan fingerprint density at radius 3 is 2.60 bits per heavy atom. The zero-order chi connectivity index (χ0) is 10.8. The number of benzene rings is 1. The molecular weight excluding hydrogens is 191 g/mol. The molecule has 0 bridgehead atoms. The van der Waals surface area contributed by atoms with Gasteiger partial charge >= 0.3 is 0 Å². The first-order chi connectivity index (χ1) is 7.18. The van der Waals surface area contributed by atoms with Crippen LogP contribution in [0.2, 0.25) is 0 Å². The van der Waals surface area contributed by atoms with Crippen LogP contribution < -0.4 is 10.6 Å². The van der Waals surface area contributed by atoms with Crippen LogP contribution >= 0.6 is 0 Å². The Bertz CT molecular complexity index is 323.